The molecule has 0 aliphatic heterocycles. The van der Waals surface area contributed by atoms with Gasteiger partial charge in [-0.25, -0.2) is 0 Å². The molecule has 0 unspecified atom stereocenters. The Labute approximate surface area is 113 Å². The number of hydrogen-bond donors (Lipinski definition) is 0. The van der Waals surface area contributed by atoms with Gasteiger partial charge in [0.2, 0.25) is 0 Å². The highest BCUT2D eigenvalue weighted by Gasteiger charge is 2.03. The van der Waals surface area contributed by atoms with Crippen molar-refractivity contribution in [3.8, 4) is 11.5 Å². The number of methoxy groups -OCH3 is 2. The van der Waals surface area contributed by atoms with Crippen molar-refractivity contribution < 1.29 is 23.3 Å². The second-order valence-corrected chi connectivity index (χ2v) is 4.03. The molecule has 0 saturated heterocycles. The Balaban J connectivity index is 2.92. The van der Waals surface area contributed by atoms with Gasteiger partial charge in [-0.15, -0.1) is 0 Å². The van der Waals surface area contributed by atoms with Crippen LogP contribution in [-0.4, -0.2) is 27.8 Å². The molecule has 0 radical (unpaired) electrons. The number of ether oxygens (including phenoxy) is 4. The lowest BCUT2D eigenvalue weighted by atomic mass is 10.2. The zero-order valence-electron chi connectivity index (χ0n) is 10.1. The molecule has 0 heterocycles. The maximum absolute atomic E-state index is 12.8. The molecule has 18 heavy (non-hydrogen) atoms. The van der Waals surface area contributed by atoms with E-state index in [2.05, 4.69) is 15.9 Å². The van der Waals surface area contributed by atoms with Gasteiger partial charge < -0.3 is 18.9 Å². The Morgan fingerprint density at radius 1 is 1.11 bits per heavy atom. The quantitative estimate of drug-likeness (QED) is 0.722. The number of benzene rings is 1. The summed E-state index contributed by atoms with van der Waals surface area (Å²) in [5.74, 6) is 1.04. The number of rotatable bonds is 7. The molecule has 0 aliphatic carbocycles. The molecule has 4 nitrogen and oxygen atoms in total. The van der Waals surface area contributed by atoms with Crippen LogP contribution in [0.2, 0.25) is 0 Å². The minimum Gasteiger partial charge on any atom is -0.467 e. The van der Waals surface area contributed by atoms with Gasteiger partial charge in [0.15, 0.2) is 18.3 Å². The maximum atomic E-state index is 12.8. The summed E-state index contributed by atoms with van der Waals surface area (Å²) in [6, 6.07) is 5.00. The van der Waals surface area contributed by atoms with Crippen molar-refractivity contribution in [2.45, 2.75) is 0 Å². The minimum absolute atomic E-state index is 0.105. The van der Waals surface area contributed by atoms with Crippen LogP contribution in [0.25, 0.3) is 6.08 Å². The van der Waals surface area contributed by atoms with Gasteiger partial charge in [0.05, 0.1) is 0 Å². The topological polar surface area (TPSA) is 36.9 Å². The monoisotopic (exact) mass is 320 g/mol. The molecule has 0 spiro atoms. The fourth-order valence-electron chi connectivity index (χ4n) is 1.22. The Morgan fingerprint density at radius 2 is 1.61 bits per heavy atom. The molecule has 0 atom stereocenters. The summed E-state index contributed by atoms with van der Waals surface area (Å²) in [4.78, 5) is 0. The van der Waals surface area contributed by atoms with Crippen LogP contribution in [-0.2, 0) is 9.47 Å². The second kappa shape index (κ2) is 8.07. The largest absolute Gasteiger partial charge is 0.467 e. The molecular formula is C12H14BrFO4. The molecule has 6 heteroatoms. The van der Waals surface area contributed by atoms with Crippen LogP contribution in [0, 0.1) is 0 Å². The first-order chi connectivity index (χ1) is 8.65. The Hall–Kier alpha value is -1.11. The van der Waals surface area contributed by atoms with Crippen molar-refractivity contribution >= 4 is 22.0 Å². The van der Waals surface area contributed by atoms with E-state index in [1.54, 1.807) is 18.2 Å². The van der Waals surface area contributed by atoms with Crippen LogP contribution in [0.15, 0.2) is 22.9 Å². The van der Waals surface area contributed by atoms with Crippen molar-refractivity contribution in [1.29, 1.82) is 0 Å². The van der Waals surface area contributed by atoms with Gasteiger partial charge in [0.25, 0.3) is 0 Å². The molecule has 1 aromatic carbocycles. The Kier molecular flexibility index (Phi) is 6.70. The van der Waals surface area contributed by atoms with Gasteiger partial charge >= 0.3 is 0 Å². The van der Waals surface area contributed by atoms with E-state index in [9.17, 15) is 4.39 Å². The summed E-state index contributed by atoms with van der Waals surface area (Å²) >= 11 is 2.73. The van der Waals surface area contributed by atoms with E-state index < -0.39 is 4.74 Å². The lowest BCUT2D eigenvalue weighted by Crippen LogP contribution is -2.02. The average Bonchev–Trinajstić information content (AvgIpc) is 2.33. The van der Waals surface area contributed by atoms with E-state index in [0.717, 1.165) is 0 Å². The Bertz CT molecular complexity index is 379. The van der Waals surface area contributed by atoms with Crippen molar-refractivity contribution in [2.24, 2.45) is 0 Å². The van der Waals surface area contributed by atoms with E-state index in [4.69, 9.17) is 18.9 Å². The van der Waals surface area contributed by atoms with Crippen LogP contribution in [0.4, 0.5) is 4.39 Å². The van der Waals surface area contributed by atoms with Gasteiger partial charge in [0.1, 0.15) is 11.5 Å². The third-order valence-corrected chi connectivity index (χ3v) is 2.09. The van der Waals surface area contributed by atoms with Gasteiger partial charge in [-0.2, -0.15) is 4.39 Å². The fraction of sp³-hybridized carbons (Fsp3) is 0.333. The van der Waals surface area contributed by atoms with E-state index >= 15 is 0 Å². The van der Waals surface area contributed by atoms with Gasteiger partial charge in [0, 0.05) is 20.3 Å². The first kappa shape index (κ1) is 14.9. The van der Waals surface area contributed by atoms with E-state index in [1.807, 2.05) is 0 Å². The van der Waals surface area contributed by atoms with Crippen LogP contribution in [0.5, 0.6) is 11.5 Å². The van der Waals surface area contributed by atoms with E-state index in [1.165, 1.54) is 20.3 Å². The first-order valence-corrected chi connectivity index (χ1v) is 5.86. The maximum Gasteiger partial charge on any atom is 0.188 e. The molecule has 0 bridgehead atoms. The summed E-state index contributed by atoms with van der Waals surface area (Å²) < 4.78 is 32.5. The lowest BCUT2D eigenvalue weighted by molar-refractivity contribution is 0.0460. The van der Waals surface area contributed by atoms with Crippen molar-refractivity contribution in [2.75, 3.05) is 27.8 Å². The second-order valence-electron chi connectivity index (χ2n) is 3.27. The molecule has 0 aliphatic rings. The summed E-state index contributed by atoms with van der Waals surface area (Å²) in [7, 11) is 3.04. The van der Waals surface area contributed by atoms with Crippen LogP contribution < -0.4 is 9.47 Å². The van der Waals surface area contributed by atoms with Crippen LogP contribution in [0.1, 0.15) is 5.56 Å². The molecule has 100 valence electrons. The van der Waals surface area contributed by atoms with Gasteiger partial charge in [-0.1, -0.05) is 0 Å². The predicted molar refractivity (Wildman–Crippen MR) is 69.5 cm³/mol. The lowest BCUT2D eigenvalue weighted by Gasteiger charge is -2.10. The predicted octanol–water partition coefficient (Wildman–Crippen LogP) is 3.31. The SMILES string of the molecule is COCOc1cc(C=C(F)Br)cc(OCOC)c1. The number of halogens is 2. The molecule has 0 saturated carbocycles. The van der Waals surface area contributed by atoms with E-state index in [0.29, 0.717) is 17.1 Å². The van der Waals surface area contributed by atoms with Crippen molar-refractivity contribution in [1.82, 2.24) is 0 Å². The summed E-state index contributed by atoms with van der Waals surface area (Å²) in [6.07, 6.45) is 1.30. The third kappa shape index (κ3) is 5.48. The first-order valence-electron chi connectivity index (χ1n) is 5.07. The van der Waals surface area contributed by atoms with Gasteiger partial charge in [-0.3, -0.25) is 0 Å². The molecule has 0 fully saturated rings. The molecule has 1 aromatic rings. The smallest absolute Gasteiger partial charge is 0.188 e. The number of hydrogen-bond acceptors (Lipinski definition) is 4. The van der Waals surface area contributed by atoms with Gasteiger partial charge in [-0.05, 0) is 39.7 Å². The van der Waals surface area contributed by atoms with Crippen LogP contribution in [0.3, 0.4) is 0 Å². The summed E-state index contributed by atoms with van der Waals surface area (Å²) in [5, 5.41) is 0. The normalized spacial score (nSPS) is 11.4. The molecule has 0 aromatic heterocycles. The molecule has 1 rings (SSSR count). The van der Waals surface area contributed by atoms with Crippen molar-refractivity contribution in [3.63, 3.8) is 0 Å². The highest BCUT2D eigenvalue weighted by Crippen LogP contribution is 2.25. The summed E-state index contributed by atoms with van der Waals surface area (Å²) in [6.45, 7) is 0.210. The van der Waals surface area contributed by atoms with Crippen LogP contribution >= 0.6 is 15.9 Å². The summed E-state index contributed by atoms with van der Waals surface area (Å²) in [5.41, 5.74) is 0.601. The zero-order chi connectivity index (χ0) is 13.4. The average molecular weight is 321 g/mol. The highest BCUT2D eigenvalue weighted by atomic mass is 79.9. The fourth-order valence-corrected chi connectivity index (χ4v) is 1.49. The molecule has 0 amide bonds. The molecule has 0 N–H and O–H groups in total. The van der Waals surface area contributed by atoms with Crippen molar-refractivity contribution in [3.05, 3.63) is 28.5 Å². The highest BCUT2D eigenvalue weighted by molar-refractivity contribution is 9.11. The Morgan fingerprint density at radius 3 is 2.00 bits per heavy atom. The van der Waals surface area contributed by atoms with E-state index in [-0.39, 0.29) is 13.6 Å². The third-order valence-electron chi connectivity index (χ3n) is 1.87. The minimum atomic E-state index is -0.482. The standard InChI is InChI=1S/C12H14BrFO4/c1-15-7-17-10-3-9(5-12(13)14)4-11(6-10)18-8-16-2/h3-6H,7-8H2,1-2H3. The zero-order valence-corrected chi connectivity index (χ0v) is 11.7. The molecular weight excluding hydrogens is 307 g/mol.